The molecule has 3 heterocycles. The van der Waals surface area contributed by atoms with Gasteiger partial charge < -0.3 is 9.73 Å². The number of benzene rings is 8. The standard InChI is InChI=1S/C51H32N4OS/c1-4-15-32(16-5-1)36-21-10-11-25-41(36)52-42-26-12-24-40-47-38(23-14-28-45(47)57-48(40)42)37-22-13-27-43-46(37)39-30-29-35(31-44(39)56-43)51-54-49(33-17-6-2-7-18-33)53-50(55-51)34-19-8-3-9-20-34/h1-31,52H. The van der Waals surface area contributed by atoms with E-state index >= 15 is 0 Å². The van der Waals surface area contributed by atoms with Crippen LogP contribution in [0.25, 0.3) is 98.5 Å². The molecule has 8 aromatic carbocycles. The summed E-state index contributed by atoms with van der Waals surface area (Å²) in [6.07, 6.45) is 0. The van der Waals surface area contributed by atoms with E-state index in [9.17, 15) is 0 Å². The van der Waals surface area contributed by atoms with Gasteiger partial charge in [0.05, 0.1) is 10.4 Å². The van der Waals surface area contributed by atoms with E-state index in [2.05, 4.69) is 133 Å². The molecule has 0 amide bonds. The van der Waals surface area contributed by atoms with Crippen LogP contribution in [0.3, 0.4) is 0 Å². The van der Waals surface area contributed by atoms with Crippen molar-refractivity contribution in [2.45, 2.75) is 0 Å². The molecule has 0 aliphatic heterocycles. The Labute approximate surface area is 332 Å². The van der Waals surface area contributed by atoms with Crippen LogP contribution in [-0.2, 0) is 0 Å². The highest BCUT2D eigenvalue weighted by Crippen LogP contribution is 2.46. The molecule has 6 heteroatoms. The molecular weight excluding hydrogens is 717 g/mol. The molecule has 11 aromatic rings. The predicted octanol–water partition coefficient (Wildman–Crippen LogP) is 14.2. The number of nitrogens with one attached hydrogen (secondary N) is 1. The Bertz CT molecular complexity index is 3210. The highest BCUT2D eigenvalue weighted by Gasteiger charge is 2.20. The van der Waals surface area contributed by atoms with Gasteiger partial charge in [-0.1, -0.05) is 152 Å². The minimum absolute atomic E-state index is 0.593. The lowest BCUT2D eigenvalue weighted by Gasteiger charge is -2.13. The molecule has 0 saturated carbocycles. The molecular formula is C51H32N4OS. The van der Waals surface area contributed by atoms with E-state index in [1.807, 2.05) is 72.0 Å². The maximum Gasteiger partial charge on any atom is 0.164 e. The van der Waals surface area contributed by atoms with E-state index in [4.69, 9.17) is 19.4 Å². The van der Waals surface area contributed by atoms with Crippen LogP contribution in [0.5, 0.6) is 0 Å². The molecule has 0 bridgehead atoms. The summed E-state index contributed by atoms with van der Waals surface area (Å²) in [6, 6.07) is 65.0. The van der Waals surface area contributed by atoms with Gasteiger partial charge in [0.1, 0.15) is 11.2 Å². The van der Waals surface area contributed by atoms with E-state index in [-0.39, 0.29) is 0 Å². The minimum atomic E-state index is 0.593. The second-order valence-corrected chi connectivity index (χ2v) is 15.1. The summed E-state index contributed by atoms with van der Waals surface area (Å²) in [6.45, 7) is 0. The van der Waals surface area contributed by atoms with Gasteiger partial charge in [0, 0.05) is 54.2 Å². The van der Waals surface area contributed by atoms with Gasteiger partial charge in [0.2, 0.25) is 0 Å². The highest BCUT2D eigenvalue weighted by molar-refractivity contribution is 7.26. The third-order valence-corrected chi connectivity index (χ3v) is 11.8. The maximum absolute atomic E-state index is 6.64. The molecule has 0 aliphatic rings. The fraction of sp³-hybridized carbons (Fsp3) is 0. The molecule has 3 aromatic heterocycles. The molecule has 0 spiro atoms. The number of rotatable bonds is 7. The summed E-state index contributed by atoms with van der Waals surface area (Å²) in [4.78, 5) is 14.8. The smallest absolute Gasteiger partial charge is 0.164 e. The fourth-order valence-corrected chi connectivity index (χ4v) is 9.10. The van der Waals surface area contributed by atoms with Gasteiger partial charge >= 0.3 is 0 Å². The summed E-state index contributed by atoms with van der Waals surface area (Å²) in [5.41, 5.74) is 11.2. The Kier molecular flexibility index (Phi) is 7.93. The molecule has 1 N–H and O–H groups in total. The number of aromatic nitrogens is 3. The first-order valence-corrected chi connectivity index (χ1v) is 19.8. The topological polar surface area (TPSA) is 63.8 Å². The number of hydrogen-bond donors (Lipinski definition) is 1. The van der Waals surface area contributed by atoms with Crippen LogP contribution in [0, 0.1) is 0 Å². The van der Waals surface area contributed by atoms with Gasteiger partial charge in [-0.3, -0.25) is 0 Å². The monoisotopic (exact) mass is 748 g/mol. The molecule has 57 heavy (non-hydrogen) atoms. The lowest BCUT2D eigenvalue weighted by atomic mass is 9.95. The molecule has 268 valence electrons. The van der Waals surface area contributed by atoms with Gasteiger partial charge in [-0.15, -0.1) is 11.3 Å². The van der Waals surface area contributed by atoms with Crippen LogP contribution in [0.15, 0.2) is 192 Å². The first-order valence-electron chi connectivity index (χ1n) is 18.9. The van der Waals surface area contributed by atoms with Gasteiger partial charge in [0.15, 0.2) is 17.5 Å². The molecule has 0 aliphatic carbocycles. The van der Waals surface area contributed by atoms with Crippen LogP contribution in [0.1, 0.15) is 0 Å². The van der Waals surface area contributed by atoms with Crippen molar-refractivity contribution in [3.63, 3.8) is 0 Å². The zero-order chi connectivity index (χ0) is 37.7. The second-order valence-electron chi connectivity index (χ2n) is 14.0. The van der Waals surface area contributed by atoms with E-state index in [1.165, 1.54) is 36.9 Å². The summed E-state index contributed by atoms with van der Waals surface area (Å²) in [5, 5.41) is 8.40. The Morgan fingerprint density at radius 1 is 0.386 bits per heavy atom. The summed E-state index contributed by atoms with van der Waals surface area (Å²) >= 11 is 1.82. The average molecular weight is 749 g/mol. The lowest BCUT2D eigenvalue weighted by molar-refractivity contribution is 0.669. The van der Waals surface area contributed by atoms with Crippen molar-refractivity contribution < 1.29 is 4.42 Å². The van der Waals surface area contributed by atoms with Crippen molar-refractivity contribution in [3.8, 4) is 56.4 Å². The summed E-state index contributed by atoms with van der Waals surface area (Å²) in [7, 11) is 0. The second kappa shape index (κ2) is 13.7. The van der Waals surface area contributed by atoms with Gasteiger partial charge in [0.25, 0.3) is 0 Å². The van der Waals surface area contributed by atoms with E-state index in [0.717, 1.165) is 55.6 Å². The SMILES string of the molecule is c1ccc(-c2nc(-c3ccccc3)nc(-c3ccc4c(c3)oc3cccc(-c5cccc6sc7c(Nc8ccccc8-c8ccccc8)cccc7c56)c34)n2)cc1. The van der Waals surface area contributed by atoms with Gasteiger partial charge in [-0.2, -0.15) is 0 Å². The first-order chi connectivity index (χ1) is 28.2. The van der Waals surface area contributed by atoms with Gasteiger partial charge in [-0.05, 0) is 53.1 Å². The summed E-state index contributed by atoms with van der Waals surface area (Å²) < 4.78 is 9.10. The molecule has 0 saturated heterocycles. The van der Waals surface area contributed by atoms with Gasteiger partial charge in [-0.25, -0.2) is 15.0 Å². The van der Waals surface area contributed by atoms with E-state index < -0.39 is 0 Å². The Balaban J connectivity index is 1.03. The third kappa shape index (κ3) is 5.82. The Morgan fingerprint density at radius 3 is 1.67 bits per heavy atom. The third-order valence-electron chi connectivity index (χ3n) is 10.5. The van der Waals surface area contributed by atoms with Crippen molar-refractivity contribution in [1.29, 1.82) is 0 Å². The fourth-order valence-electron chi connectivity index (χ4n) is 7.90. The number of nitrogens with zero attached hydrogens (tertiary/aromatic N) is 3. The van der Waals surface area contributed by atoms with E-state index in [1.54, 1.807) is 0 Å². The van der Waals surface area contributed by atoms with Crippen molar-refractivity contribution in [2.75, 3.05) is 5.32 Å². The maximum atomic E-state index is 6.64. The van der Waals surface area contributed by atoms with Crippen molar-refractivity contribution in [1.82, 2.24) is 15.0 Å². The number of fused-ring (bicyclic) bond motifs is 6. The quantitative estimate of drug-likeness (QED) is 0.176. The lowest BCUT2D eigenvalue weighted by Crippen LogP contribution is -2.00. The molecule has 0 fully saturated rings. The molecule has 0 atom stereocenters. The largest absolute Gasteiger partial charge is 0.456 e. The Morgan fingerprint density at radius 2 is 0.947 bits per heavy atom. The van der Waals surface area contributed by atoms with Crippen LogP contribution in [-0.4, -0.2) is 15.0 Å². The average Bonchev–Trinajstić information content (AvgIpc) is 3.86. The zero-order valence-corrected chi connectivity index (χ0v) is 31.4. The Hall–Kier alpha value is -7.41. The first kappa shape index (κ1) is 33.0. The van der Waals surface area contributed by atoms with Crippen LogP contribution in [0.2, 0.25) is 0 Å². The summed E-state index contributed by atoms with van der Waals surface area (Å²) in [5.74, 6) is 1.85. The van der Waals surface area contributed by atoms with Crippen LogP contribution in [0.4, 0.5) is 11.4 Å². The molecule has 5 nitrogen and oxygen atoms in total. The molecule has 11 rings (SSSR count). The van der Waals surface area contributed by atoms with Crippen molar-refractivity contribution >= 4 is 64.8 Å². The van der Waals surface area contributed by atoms with Crippen molar-refractivity contribution in [3.05, 3.63) is 188 Å². The number of hydrogen-bond acceptors (Lipinski definition) is 6. The number of furan rings is 1. The van der Waals surface area contributed by atoms with E-state index in [0.29, 0.717) is 17.5 Å². The molecule has 0 radical (unpaired) electrons. The minimum Gasteiger partial charge on any atom is -0.456 e. The van der Waals surface area contributed by atoms with Crippen LogP contribution < -0.4 is 5.32 Å². The number of anilines is 2. The highest BCUT2D eigenvalue weighted by atomic mass is 32.1. The van der Waals surface area contributed by atoms with Crippen molar-refractivity contribution in [2.24, 2.45) is 0 Å². The zero-order valence-electron chi connectivity index (χ0n) is 30.6. The normalized spacial score (nSPS) is 11.5. The predicted molar refractivity (Wildman–Crippen MR) is 237 cm³/mol. The molecule has 0 unspecified atom stereocenters. The van der Waals surface area contributed by atoms with Crippen LogP contribution >= 0.6 is 11.3 Å². The number of thiophene rings is 1. The number of para-hydroxylation sites is 1.